The summed E-state index contributed by atoms with van der Waals surface area (Å²) < 4.78 is 11.6. The first kappa shape index (κ1) is 22.7. The lowest BCUT2D eigenvalue weighted by Crippen LogP contribution is -2.25. The van der Waals surface area contributed by atoms with E-state index in [9.17, 15) is 19.6 Å². The largest absolute Gasteiger partial charge is 0.462 e. The van der Waals surface area contributed by atoms with E-state index in [1.54, 1.807) is 61.5 Å². The van der Waals surface area contributed by atoms with E-state index in [-0.39, 0.29) is 44.3 Å². The first-order chi connectivity index (χ1) is 16.5. The molecule has 2 N–H and O–H groups in total. The molecule has 0 unspecified atom stereocenters. The smallest absolute Gasteiger partial charge is 0.359 e. The Hall–Kier alpha value is -4.49. The van der Waals surface area contributed by atoms with E-state index in [1.165, 1.54) is 0 Å². The first-order valence-electron chi connectivity index (χ1n) is 10.2. The van der Waals surface area contributed by atoms with E-state index < -0.39 is 18.5 Å². The topological polar surface area (TPSA) is 137 Å². The van der Waals surface area contributed by atoms with Gasteiger partial charge in [-0.15, -0.1) is 11.3 Å². The highest BCUT2D eigenvalue weighted by Crippen LogP contribution is 2.32. The van der Waals surface area contributed by atoms with Crippen LogP contribution in [0.2, 0.25) is 0 Å². The van der Waals surface area contributed by atoms with Gasteiger partial charge >= 0.3 is 11.9 Å². The lowest BCUT2D eigenvalue weighted by molar-refractivity contribution is 0.0447. The quantitative estimate of drug-likeness (QED) is 0.420. The van der Waals surface area contributed by atoms with Crippen molar-refractivity contribution < 1.29 is 19.1 Å². The van der Waals surface area contributed by atoms with Crippen molar-refractivity contribution in [3.8, 4) is 11.8 Å². The monoisotopic (exact) mass is 474 g/mol. The molecular weight excluding hydrogens is 456 g/mol. The number of esters is 2. The predicted octanol–water partition coefficient (Wildman–Crippen LogP) is 3.43. The third kappa shape index (κ3) is 4.12. The molecular formula is C24H18N4O5S. The third-order valence-corrected chi connectivity index (χ3v) is 5.99. The Morgan fingerprint density at radius 2 is 1.74 bits per heavy atom. The molecule has 0 amide bonds. The van der Waals surface area contributed by atoms with Crippen LogP contribution in [-0.4, -0.2) is 28.3 Å². The van der Waals surface area contributed by atoms with Crippen LogP contribution in [0.3, 0.4) is 0 Å². The van der Waals surface area contributed by atoms with Gasteiger partial charge in [-0.2, -0.15) is 15.0 Å². The Morgan fingerprint density at radius 3 is 2.41 bits per heavy atom. The van der Waals surface area contributed by atoms with Gasteiger partial charge in [0.2, 0.25) is 0 Å². The maximum Gasteiger partial charge on any atom is 0.359 e. The van der Waals surface area contributed by atoms with E-state index in [2.05, 4.69) is 5.10 Å². The number of nitriles is 1. The molecule has 4 aromatic rings. The average Bonchev–Trinajstić information content (AvgIpc) is 3.18. The molecule has 0 aliphatic carbocycles. The highest BCUT2D eigenvalue weighted by Gasteiger charge is 2.25. The number of fused-ring (bicyclic) bond motifs is 1. The van der Waals surface area contributed by atoms with Gasteiger partial charge in [0, 0.05) is 10.9 Å². The summed E-state index contributed by atoms with van der Waals surface area (Å²) in [4.78, 5) is 38.5. The van der Waals surface area contributed by atoms with Crippen LogP contribution < -0.4 is 11.3 Å². The number of hydrogen-bond acceptors (Lipinski definition) is 9. The van der Waals surface area contributed by atoms with Crippen LogP contribution in [0.5, 0.6) is 0 Å². The minimum absolute atomic E-state index is 0.0490. The Labute approximate surface area is 197 Å². The molecule has 0 spiro atoms. The number of nitrogen functional groups attached to an aromatic ring is 1. The van der Waals surface area contributed by atoms with Gasteiger partial charge in [-0.1, -0.05) is 36.4 Å². The summed E-state index contributed by atoms with van der Waals surface area (Å²) in [5.74, 6) is -1.49. The zero-order valence-corrected chi connectivity index (χ0v) is 18.8. The molecule has 0 saturated heterocycles. The number of aromatic nitrogens is 2. The summed E-state index contributed by atoms with van der Waals surface area (Å²) in [6, 6.07) is 17.2. The van der Waals surface area contributed by atoms with Crippen molar-refractivity contribution in [2.24, 2.45) is 0 Å². The fraction of sp³-hybridized carbons (Fsp3) is 0.125. The molecule has 9 nitrogen and oxygen atoms in total. The van der Waals surface area contributed by atoms with Crippen LogP contribution in [0.15, 0.2) is 59.4 Å². The SMILES string of the molecule is CCOC(=O)c1sc(N)c(C#N)c1COC(=O)c1nn(-c2ccccc2)c(=O)c2ccccc12. The van der Waals surface area contributed by atoms with Crippen molar-refractivity contribution in [2.45, 2.75) is 13.5 Å². The second kappa shape index (κ2) is 9.56. The van der Waals surface area contributed by atoms with Crippen LogP contribution in [0, 0.1) is 11.3 Å². The van der Waals surface area contributed by atoms with Crippen molar-refractivity contribution >= 4 is 39.0 Å². The lowest BCUT2D eigenvalue weighted by Gasteiger charge is -2.11. The zero-order chi connectivity index (χ0) is 24.2. The fourth-order valence-corrected chi connectivity index (χ4v) is 4.31. The summed E-state index contributed by atoms with van der Waals surface area (Å²) in [6.07, 6.45) is 0. The Balaban J connectivity index is 1.74. The molecule has 4 rings (SSSR count). The minimum atomic E-state index is -0.829. The predicted molar refractivity (Wildman–Crippen MR) is 126 cm³/mol. The van der Waals surface area contributed by atoms with E-state index >= 15 is 0 Å². The van der Waals surface area contributed by atoms with Crippen LogP contribution in [0.4, 0.5) is 5.00 Å². The van der Waals surface area contributed by atoms with Gasteiger partial charge in [0.05, 0.1) is 23.2 Å². The first-order valence-corrected chi connectivity index (χ1v) is 11.0. The molecule has 2 heterocycles. The molecule has 0 aliphatic rings. The van der Waals surface area contributed by atoms with Crippen LogP contribution in [0.25, 0.3) is 16.5 Å². The van der Waals surface area contributed by atoms with E-state index in [1.807, 2.05) is 6.07 Å². The molecule has 0 atom stereocenters. The number of nitrogens with zero attached hydrogens (tertiary/aromatic N) is 3. The van der Waals surface area contributed by atoms with Gasteiger partial charge in [-0.05, 0) is 25.1 Å². The maximum absolute atomic E-state index is 13.1. The Bertz CT molecular complexity index is 1500. The van der Waals surface area contributed by atoms with Gasteiger partial charge in [-0.3, -0.25) is 4.79 Å². The molecule has 0 radical (unpaired) electrons. The second-order valence-electron chi connectivity index (χ2n) is 7.00. The summed E-state index contributed by atoms with van der Waals surface area (Å²) in [6.45, 7) is 1.39. The Kier molecular flexibility index (Phi) is 6.38. The molecule has 170 valence electrons. The van der Waals surface area contributed by atoms with Crippen molar-refractivity contribution in [2.75, 3.05) is 12.3 Å². The second-order valence-corrected chi connectivity index (χ2v) is 8.06. The number of para-hydroxylation sites is 1. The zero-order valence-electron chi connectivity index (χ0n) is 18.0. The number of ether oxygens (including phenoxy) is 2. The van der Waals surface area contributed by atoms with Crippen molar-refractivity contribution in [3.63, 3.8) is 0 Å². The highest BCUT2D eigenvalue weighted by atomic mass is 32.1. The normalized spacial score (nSPS) is 10.6. The number of hydrogen-bond donors (Lipinski definition) is 1. The van der Waals surface area contributed by atoms with Gasteiger partial charge in [0.15, 0.2) is 5.69 Å². The van der Waals surface area contributed by atoms with Gasteiger partial charge in [-0.25, -0.2) is 9.59 Å². The van der Waals surface area contributed by atoms with E-state index in [4.69, 9.17) is 15.2 Å². The summed E-state index contributed by atoms with van der Waals surface area (Å²) in [7, 11) is 0. The van der Waals surface area contributed by atoms with E-state index in [0.29, 0.717) is 11.1 Å². The molecule has 0 saturated carbocycles. The van der Waals surface area contributed by atoms with Crippen LogP contribution in [0.1, 0.15) is 38.2 Å². The highest BCUT2D eigenvalue weighted by molar-refractivity contribution is 7.18. The van der Waals surface area contributed by atoms with Crippen molar-refractivity contribution in [1.29, 1.82) is 5.26 Å². The summed E-state index contributed by atoms with van der Waals surface area (Å²) in [5.41, 5.74) is 6.10. The number of carbonyl (C=O) groups excluding carboxylic acids is 2. The molecule has 34 heavy (non-hydrogen) atoms. The third-order valence-electron chi connectivity index (χ3n) is 4.95. The van der Waals surface area contributed by atoms with Crippen LogP contribution in [-0.2, 0) is 16.1 Å². The van der Waals surface area contributed by atoms with Crippen molar-refractivity contribution in [3.05, 3.63) is 86.6 Å². The lowest BCUT2D eigenvalue weighted by atomic mass is 10.1. The van der Waals surface area contributed by atoms with E-state index in [0.717, 1.165) is 16.0 Å². The number of rotatable bonds is 6. The summed E-state index contributed by atoms with van der Waals surface area (Å²) in [5, 5.41) is 14.5. The number of nitrogens with two attached hydrogens (primary N) is 1. The van der Waals surface area contributed by atoms with Gasteiger partial charge < -0.3 is 15.2 Å². The van der Waals surface area contributed by atoms with Crippen LogP contribution >= 0.6 is 11.3 Å². The number of thiophene rings is 1. The number of benzene rings is 2. The molecule has 0 aliphatic heterocycles. The molecule has 0 fully saturated rings. The molecule has 0 bridgehead atoms. The molecule has 2 aromatic carbocycles. The maximum atomic E-state index is 13.1. The van der Waals surface area contributed by atoms with Gasteiger partial charge in [0.1, 0.15) is 22.6 Å². The number of anilines is 1. The van der Waals surface area contributed by atoms with Crippen molar-refractivity contribution in [1.82, 2.24) is 9.78 Å². The molecule has 2 aromatic heterocycles. The molecule has 10 heteroatoms. The Morgan fingerprint density at radius 1 is 1.06 bits per heavy atom. The fourth-order valence-electron chi connectivity index (χ4n) is 3.40. The standard InChI is InChI=1S/C24H18N4O5S/c1-2-32-24(31)20-18(17(12-25)21(26)34-20)13-33-23(30)19-15-10-6-7-11-16(15)22(29)28(27-19)14-8-4-3-5-9-14/h3-11H,2,13,26H2,1H3. The average molecular weight is 474 g/mol. The van der Waals surface area contributed by atoms with Gasteiger partial charge in [0.25, 0.3) is 5.56 Å². The summed E-state index contributed by atoms with van der Waals surface area (Å²) >= 11 is 0.894. The number of carbonyl (C=O) groups is 2. The minimum Gasteiger partial charge on any atom is -0.462 e.